The molecule has 0 aliphatic rings. The summed E-state index contributed by atoms with van der Waals surface area (Å²) in [7, 11) is 0. The van der Waals surface area contributed by atoms with Crippen molar-refractivity contribution in [2.45, 2.75) is 13.3 Å². The van der Waals surface area contributed by atoms with Crippen molar-refractivity contribution < 1.29 is 14.3 Å². The number of ketones is 1. The first-order valence-corrected chi connectivity index (χ1v) is 4.71. The van der Waals surface area contributed by atoms with E-state index in [0.29, 0.717) is 17.5 Å². The number of aliphatic hydroxyl groups is 1. The molecule has 1 aromatic rings. The van der Waals surface area contributed by atoms with Crippen molar-refractivity contribution in [1.82, 2.24) is 0 Å². The van der Waals surface area contributed by atoms with E-state index in [0.717, 1.165) is 0 Å². The first-order valence-electron chi connectivity index (χ1n) is 4.71. The molecule has 0 bridgehead atoms. The Labute approximate surface area is 88.1 Å². The number of benzene rings is 1. The Kier molecular flexibility index (Phi) is 4.18. The van der Waals surface area contributed by atoms with Crippen LogP contribution in [-0.4, -0.2) is 17.5 Å². The summed E-state index contributed by atoms with van der Waals surface area (Å²) < 4.78 is 13.4. The van der Waals surface area contributed by atoms with Gasteiger partial charge in [-0.1, -0.05) is 24.3 Å². The Morgan fingerprint density at radius 3 is 2.80 bits per heavy atom. The molecule has 0 heterocycles. The largest absolute Gasteiger partial charge is 0.392 e. The van der Waals surface area contributed by atoms with Crippen LogP contribution in [0.3, 0.4) is 0 Å². The molecule has 0 atom stereocenters. The van der Waals surface area contributed by atoms with E-state index in [4.69, 9.17) is 5.11 Å². The van der Waals surface area contributed by atoms with E-state index in [1.165, 1.54) is 25.1 Å². The summed E-state index contributed by atoms with van der Waals surface area (Å²) in [5.41, 5.74) is 0.785. The number of carbonyl (C=O) groups is 1. The van der Waals surface area contributed by atoms with Gasteiger partial charge in [0, 0.05) is 11.1 Å². The lowest BCUT2D eigenvalue weighted by molar-refractivity contribution is 0.101. The molecule has 0 saturated heterocycles. The molecular formula is C12H13FO2. The fraction of sp³-hybridized carbons (Fsp3) is 0.250. The molecule has 15 heavy (non-hydrogen) atoms. The van der Waals surface area contributed by atoms with Gasteiger partial charge in [-0.15, -0.1) is 0 Å². The monoisotopic (exact) mass is 208 g/mol. The Morgan fingerprint density at radius 1 is 1.47 bits per heavy atom. The quantitative estimate of drug-likeness (QED) is 0.608. The second-order valence-electron chi connectivity index (χ2n) is 3.18. The second-order valence-corrected chi connectivity index (χ2v) is 3.18. The average Bonchev–Trinajstić information content (AvgIpc) is 2.20. The van der Waals surface area contributed by atoms with Crippen molar-refractivity contribution in [2.24, 2.45) is 0 Å². The lowest BCUT2D eigenvalue weighted by Gasteiger charge is -2.05. The van der Waals surface area contributed by atoms with Crippen molar-refractivity contribution in [3.63, 3.8) is 0 Å². The molecule has 0 aromatic heterocycles. The lowest BCUT2D eigenvalue weighted by Crippen LogP contribution is -2.01. The van der Waals surface area contributed by atoms with Gasteiger partial charge in [0.05, 0.1) is 6.61 Å². The fourth-order valence-electron chi connectivity index (χ4n) is 1.37. The molecule has 0 amide bonds. The highest BCUT2D eigenvalue weighted by molar-refractivity contribution is 5.95. The van der Waals surface area contributed by atoms with Crippen molar-refractivity contribution >= 4 is 5.78 Å². The van der Waals surface area contributed by atoms with E-state index in [2.05, 4.69) is 0 Å². The molecular weight excluding hydrogens is 195 g/mol. The molecule has 80 valence electrons. The molecule has 0 saturated carbocycles. The van der Waals surface area contributed by atoms with E-state index in [9.17, 15) is 9.18 Å². The molecule has 1 N–H and O–H groups in total. The number of carbonyl (C=O) groups excluding carboxylic acids is 1. The summed E-state index contributed by atoms with van der Waals surface area (Å²) in [6, 6.07) is 4.45. The van der Waals surface area contributed by atoms with Gasteiger partial charge < -0.3 is 5.11 Å². The van der Waals surface area contributed by atoms with E-state index in [1.807, 2.05) is 0 Å². The standard InChI is InChI=1S/C12H13FO2/c1-9(15)10-6-4-7-12(13)11(10)5-2-3-8-14/h2-4,6-7,14H,5,8H2,1H3/b3-2+. The summed E-state index contributed by atoms with van der Waals surface area (Å²) in [4.78, 5) is 11.2. The van der Waals surface area contributed by atoms with E-state index < -0.39 is 0 Å². The summed E-state index contributed by atoms with van der Waals surface area (Å²) in [5, 5.41) is 8.54. The lowest BCUT2D eigenvalue weighted by atomic mass is 10.0. The zero-order chi connectivity index (χ0) is 11.3. The minimum absolute atomic E-state index is 0.0795. The minimum Gasteiger partial charge on any atom is -0.392 e. The zero-order valence-corrected chi connectivity index (χ0v) is 8.53. The molecule has 1 aromatic carbocycles. The topological polar surface area (TPSA) is 37.3 Å². The van der Waals surface area contributed by atoms with Crippen molar-refractivity contribution in [1.29, 1.82) is 0 Å². The van der Waals surface area contributed by atoms with Crippen LogP contribution in [0.4, 0.5) is 4.39 Å². The third-order valence-electron chi connectivity index (χ3n) is 2.09. The van der Waals surface area contributed by atoms with Crippen molar-refractivity contribution in [3.05, 3.63) is 47.3 Å². The molecule has 0 aliphatic heterocycles. The number of hydrogen-bond acceptors (Lipinski definition) is 2. The first-order chi connectivity index (χ1) is 7.16. The fourth-order valence-corrected chi connectivity index (χ4v) is 1.37. The highest BCUT2D eigenvalue weighted by atomic mass is 19.1. The number of hydrogen-bond donors (Lipinski definition) is 1. The smallest absolute Gasteiger partial charge is 0.160 e. The highest BCUT2D eigenvalue weighted by Gasteiger charge is 2.09. The number of Topliss-reactive ketones (excluding diaryl/α,β-unsaturated/α-hetero) is 1. The van der Waals surface area contributed by atoms with Crippen molar-refractivity contribution in [2.75, 3.05) is 6.61 Å². The van der Waals surface area contributed by atoms with Gasteiger partial charge in [0.25, 0.3) is 0 Å². The predicted molar refractivity (Wildman–Crippen MR) is 56.3 cm³/mol. The van der Waals surface area contributed by atoms with Gasteiger partial charge in [-0.3, -0.25) is 4.79 Å². The van der Waals surface area contributed by atoms with Crippen LogP contribution < -0.4 is 0 Å². The maximum Gasteiger partial charge on any atom is 0.160 e. The summed E-state index contributed by atoms with van der Waals surface area (Å²) in [6.45, 7) is 1.33. The van der Waals surface area contributed by atoms with Crippen LogP contribution in [-0.2, 0) is 6.42 Å². The summed E-state index contributed by atoms with van der Waals surface area (Å²) >= 11 is 0. The number of aliphatic hydroxyl groups excluding tert-OH is 1. The van der Waals surface area contributed by atoms with E-state index in [-0.39, 0.29) is 18.2 Å². The first kappa shape index (κ1) is 11.6. The molecule has 0 radical (unpaired) electrons. The van der Waals surface area contributed by atoms with E-state index in [1.54, 1.807) is 12.1 Å². The molecule has 3 heteroatoms. The SMILES string of the molecule is CC(=O)c1cccc(F)c1C/C=C/CO. The van der Waals surface area contributed by atoms with Crippen LogP contribution in [0.5, 0.6) is 0 Å². The van der Waals surface area contributed by atoms with Gasteiger partial charge in [-0.2, -0.15) is 0 Å². The van der Waals surface area contributed by atoms with Gasteiger partial charge in [-0.05, 0) is 19.4 Å². The van der Waals surface area contributed by atoms with Crippen LogP contribution in [0.2, 0.25) is 0 Å². The van der Waals surface area contributed by atoms with Crippen LogP contribution in [0.15, 0.2) is 30.4 Å². The molecule has 0 aliphatic carbocycles. The maximum atomic E-state index is 13.4. The van der Waals surface area contributed by atoms with Gasteiger partial charge in [0.15, 0.2) is 5.78 Å². The molecule has 0 spiro atoms. The Hall–Kier alpha value is -1.48. The summed E-state index contributed by atoms with van der Waals surface area (Å²) in [6.07, 6.45) is 3.49. The van der Waals surface area contributed by atoms with Crippen LogP contribution >= 0.6 is 0 Å². The normalized spacial score (nSPS) is 10.9. The molecule has 1 rings (SSSR count). The van der Waals surface area contributed by atoms with Crippen LogP contribution in [0.1, 0.15) is 22.8 Å². The Morgan fingerprint density at radius 2 is 2.20 bits per heavy atom. The van der Waals surface area contributed by atoms with Gasteiger partial charge in [0.2, 0.25) is 0 Å². The van der Waals surface area contributed by atoms with Gasteiger partial charge in [0.1, 0.15) is 5.82 Å². The maximum absolute atomic E-state index is 13.4. The highest BCUT2D eigenvalue weighted by Crippen LogP contribution is 2.15. The number of rotatable bonds is 4. The predicted octanol–water partition coefficient (Wildman–Crippen LogP) is 2.12. The third-order valence-corrected chi connectivity index (χ3v) is 2.09. The molecule has 0 fully saturated rings. The number of halogens is 1. The minimum atomic E-state index is -0.384. The zero-order valence-electron chi connectivity index (χ0n) is 8.53. The van der Waals surface area contributed by atoms with Gasteiger partial charge >= 0.3 is 0 Å². The molecule has 0 unspecified atom stereocenters. The van der Waals surface area contributed by atoms with Crippen molar-refractivity contribution in [3.8, 4) is 0 Å². The number of allylic oxidation sites excluding steroid dienone is 1. The Balaban J connectivity index is 3.02. The van der Waals surface area contributed by atoms with Crippen LogP contribution in [0.25, 0.3) is 0 Å². The van der Waals surface area contributed by atoms with Crippen LogP contribution in [0, 0.1) is 5.82 Å². The van der Waals surface area contributed by atoms with Gasteiger partial charge in [-0.25, -0.2) is 4.39 Å². The molecule has 2 nitrogen and oxygen atoms in total. The Bertz CT molecular complexity index is 383. The van der Waals surface area contributed by atoms with E-state index >= 15 is 0 Å². The summed E-state index contributed by atoms with van der Waals surface area (Å²) in [5.74, 6) is -0.535. The average molecular weight is 208 g/mol. The second kappa shape index (κ2) is 5.41. The third kappa shape index (κ3) is 2.99.